The molecule has 0 saturated carbocycles. The van der Waals surface area contributed by atoms with Gasteiger partial charge in [-0.05, 0) is 61.8 Å². The van der Waals surface area contributed by atoms with Crippen molar-refractivity contribution >= 4 is 53.4 Å². The maximum Gasteiger partial charge on any atom is 0.264 e. The van der Waals surface area contributed by atoms with Gasteiger partial charge in [0.2, 0.25) is 14.3 Å². The van der Waals surface area contributed by atoms with Gasteiger partial charge in [-0.15, -0.1) is 0 Å². The summed E-state index contributed by atoms with van der Waals surface area (Å²) in [7, 11) is -3.53. The minimum Gasteiger partial charge on any atom is -0.394 e. The van der Waals surface area contributed by atoms with Crippen LogP contribution in [-0.2, 0) is 36.0 Å². The Morgan fingerprint density at radius 3 is 2.54 bits per heavy atom. The van der Waals surface area contributed by atoms with Gasteiger partial charge in [-0.25, -0.2) is 0 Å². The lowest BCUT2D eigenvalue weighted by Gasteiger charge is -2.37. The summed E-state index contributed by atoms with van der Waals surface area (Å²) in [6.45, 7) is 5.34. The molecule has 2 aromatic carbocycles. The number of likely N-dealkylation sites (tertiary alicyclic amines) is 1. The molecule has 0 bridgehead atoms. The number of carbonyl (C=O) groups is 3. The highest BCUT2D eigenvalue weighted by molar-refractivity contribution is 9.10. The SMILES string of the molecule is C[C@H]1[C@H]([Si](C)(C)F)[C@@H](CC(=O)N2CCC[C@H]2CO)O[C@]12C(=O)N(Cc1cccc(NC(=O)[C@H]3O[C@@H](O)[C@H](O)[C@@H](O)[C@@H]3O)c1)c1ccc(Br)cc12. The van der Waals surface area contributed by atoms with Gasteiger partial charge in [-0.1, -0.05) is 35.0 Å². The minimum absolute atomic E-state index is 0.0395. The molecule has 4 heterocycles. The maximum atomic E-state index is 16.3. The Labute approximate surface area is 298 Å². The topological polar surface area (TPSA) is 189 Å². The Bertz CT molecular complexity index is 1650. The van der Waals surface area contributed by atoms with Crippen molar-refractivity contribution in [2.75, 3.05) is 23.4 Å². The van der Waals surface area contributed by atoms with E-state index in [1.165, 1.54) is 0 Å². The third-order valence-electron chi connectivity index (χ3n) is 10.6. The largest absolute Gasteiger partial charge is 0.394 e. The summed E-state index contributed by atoms with van der Waals surface area (Å²) in [6.07, 6.45) is -8.48. The molecule has 2 aromatic rings. The number of amides is 3. The third kappa shape index (κ3) is 6.43. The fourth-order valence-electron chi connectivity index (χ4n) is 8.24. The second kappa shape index (κ2) is 14.0. The quantitative estimate of drug-likeness (QED) is 0.171. The van der Waals surface area contributed by atoms with Crippen LogP contribution < -0.4 is 10.2 Å². The Morgan fingerprint density at radius 1 is 1.10 bits per heavy atom. The number of benzene rings is 2. The summed E-state index contributed by atoms with van der Waals surface area (Å²) in [4.78, 5) is 44.4. The van der Waals surface area contributed by atoms with Crippen molar-refractivity contribution in [3.05, 3.63) is 58.1 Å². The molecule has 0 aliphatic carbocycles. The molecule has 6 N–H and O–H groups in total. The number of hydrogen-bond acceptors (Lipinski definition) is 10. The smallest absolute Gasteiger partial charge is 0.264 e. The second-order valence-corrected chi connectivity index (χ2v) is 18.9. The summed E-state index contributed by atoms with van der Waals surface area (Å²) < 4.78 is 28.7. The third-order valence-corrected chi connectivity index (χ3v) is 13.5. The van der Waals surface area contributed by atoms with E-state index in [0.717, 1.165) is 6.42 Å². The minimum atomic E-state index is -3.53. The number of fused-ring (bicyclic) bond motifs is 2. The van der Waals surface area contributed by atoms with E-state index >= 15 is 4.11 Å². The molecule has 0 radical (unpaired) electrons. The fraction of sp³-hybridized carbons (Fsp3) is 0.559. The first-order chi connectivity index (χ1) is 23.6. The molecule has 272 valence electrons. The number of rotatable bonds is 8. The van der Waals surface area contributed by atoms with Crippen molar-refractivity contribution in [1.29, 1.82) is 0 Å². The Morgan fingerprint density at radius 2 is 1.84 bits per heavy atom. The van der Waals surface area contributed by atoms with Crippen LogP contribution in [0.25, 0.3) is 0 Å². The van der Waals surface area contributed by atoms with Crippen molar-refractivity contribution in [2.45, 2.75) is 99.8 Å². The number of ether oxygens (including phenoxy) is 2. The van der Waals surface area contributed by atoms with Crippen LogP contribution in [0.3, 0.4) is 0 Å². The van der Waals surface area contributed by atoms with Crippen LogP contribution in [0.5, 0.6) is 0 Å². The average molecular weight is 781 g/mol. The summed E-state index contributed by atoms with van der Waals surface area (Å²) in [5, 5.41) is 52.3. The summed E-state index contributed by atoms with van der Waals surface area (Å²) >= 11 is 3.52. The molecule has 0 aromatic heterocycles. The number of nitrogens with zero attached hydrogens (tertiary/aromatic N) is 2. The van der Waals surface area contributed by atoms with Crippen molar-refractivity contribution in [3.63, 3.8) is 0 Å². The first kappa shape index (κ1) is 37.0. The van der Waals surface area contributed by atoms with E-state index in [0.29, 0.717) is 34.3 Å². The molecule has 3 amide bonds. The Balaban J connectivity index is 1.27. The molecule has 50 heavy (non-hydrogen) atoms. The predicted octanol–water partition coefficient (Wildman–Crippen LogP) is 1.88. The molecule has 6 rings (SSSR count). The lowest BCUT2D eigenvalue weighted by Crippen LogP contribution is -2.60. The number of hydrogen-bond donors (Lipinski definition) is 6. The summed E-state index contributed by atoms with van der Waals surface area (Å²) in [6, 6.07) is 11.7. The zero-order chi connectivity index (χ0) is 36.3. The lowest BCUT2D eigenvalue weighted by molar-refractivity contribution is -0.274. The molecule has 3 saturated heterocycles. The van der Waals surface area contributed by atoms with Crippen LogP contribution in [-0.4, -0.2) is 113 Å². The first-order valence-corrected chi connectivity index (χ1v) is 20.5. The molecule has 1 spiro atoms. The molecule has 0 unspecified atom stereocenters. The number of aliphatic hydroxyl groups is 5. The number of halogens is 2. The van der Waals surface area contributed by atoms with Crippen LogP contribution in [0.2, 0.25) is 18.6 Å². The molecule has 4 aliphatic rings. The zero-order valence-electron chi connectivity index (χ0n) is 27.9. The van der Waals surface area contributed by atoms with Gasteiger partial charge in [0.25, 0.3) is 11.8 Å². The maximum absolute atomic E-state index is 16.3. The summed E-state index contributed by atoms with van der Waals surface area (Å²) in [5.74, 6) is -2.13. The molecule has 13 nitrogen and oxygen atoms in total. The highest BCUT2D eigenvalue weighted by Crippen LogP contribution is 2.60. The van der Waals surface area contributed by atoms with Crippen LogP contribution in [0.15, 0.2) is 46.9 Å². The van der Waals surface area contributed by atoms with E-state index in [1.807, 2.05) is 6.92 Å². The number of aliphatic hydroxyl groups excluding tert-OH is 5. The molecule has 4 aliphatic heterocycles. The van der Waals surface area contributed by atoms with Gasteiger partial charge in [-0.2, -0.15) is 0 Å². The fourth-order valence-corrected chi connectivity index (χ4v) is 11.1. The second-order valence-electron chi connectivity index (χ2n) is 14.2. The van der Waals surface area contributed by atoms with Gasteiger partial charge in [-0.3, -0.25) is 14.4 Å². The number of anilines is 2. The van der Waals surface area contributed by atoms with E-state index < -0.39 is 74.1 Å². The molecular weight excluding hydrogens is 737 g/mol. The van der Waals surface area contributed by atoms with Gasteiger partial charge in [0.15, 0.2) is 18.0 Å². The van der Waals surface area contributed by atoms with Crippen LogP contribution in [0.1, 0.15) is 37.3 Å². The zero-order valence-corrected chi connectivity index (χ0v) is 30.5. The summed E-state index contributed by atoms with van der Waals surface area (Å²) in [5.41, 5.74) is -0.271. The van der Waals surface area contributed by atoms with Crippen molar-refractivity contribution in [3.8, 4) is 0 Å². The van der Waals surface area contributed by atoms with E-state index in [4.69, 9.17) is 9.47 Å². The van der Waals surface area contributed by atoms with E-state index in [-0.39, 0.29) is 37.2 Å². The van der Waals surface area contributed by atoms with Gasteiger partial charge in [0.05, 0.1) is 37.4 Å². The van der Waals surface area contributed by atoms with Crippen molar-refractivity contribution in [1.82, 2.24) is 4.90 Å². The highest BCUT2D eigenvalue weighted by Gasteiger charge is 2.67. The first-order valence-electron chi connectivity index (χ1n) is 16.7. The van der Waals surface area contributed by atoms with E-state index in [9.17, 15) is 39.9 Å². The van der Waals surface area contributed by atoms with Gasteiger partial charge < -0.3 is 54.2 Å². The van der Waals surface area contributed by atoms with Crippen LogP contribution in [0, 0.1) is 5.92 Å². The average Bonchev–Trinajstić information content (AvgIpc) is 3.72. The highest BCUT2D eigenvalue weighted by atomic mass is 79.9. The number of carbonyl (C=O) groups excluding carboxylic acids is 3. The molecule has 16 heteroatoms. The van der Waals surface area contributed by atoms with Gasteiger partial charge in [0, 0.05) is 33.7 Å². The Kier molecular flexibility index (Phi) is 10.3. The normalized spacial score (nSPS) is 34.0. The van der Waals surface area contributed by atoms with Gasteiger partial charge in [0.1, 0.15) is 18.3 Å². The molecule has 10 atom stereocenters. The van der Waals surface area contributed by atoms with Crippen LogP contribution in [0.4, 0.5) is 15.5 Å². The molecular formula is C34H43BrFN3O10Si. The number of nitrogens with one attached hydrogen (secondary N) is 1. The van der Waals surface area contributed by atoms with E-state index in [1.54, 1.807) is 65.4 Å². The van der Waals surface area contributed by atoms with Crippen molar-refractivity contribution in [2.24, 2.45) is 5.92 Å². The van der Waals surface area contributed by atoms with Gasteiger partial charge >= 0.3 is 0 Å². The Hall–Kier alpha value is -2.80. The van der Waals surface area contributed by atoms with Crippen LogP contribution >= 0.6 is 15.9 Å². The van der Waals surface area contributed by atoms with E-state index in [2.05, 4.69) is 21.2 Å². The monoisotopic (exact) mass is 779 g/mol. The predicted molar refractivity (Wildman–Crippen MR) is 184 cm³/mol. The molecule has 3 fully saturated rings. The van der Waals surface area contributed by atoms with Crippen molar-refractivity contribution < 1.29 is 53.5 Å². The lowest BCUT2D eigenvalue weighted by atomic mass is 9.82. The standard InChI is InChI=1S/C34H43BrFN3O10Si/c1-17-30(50(2,3)36)24(14-25(41)38-11-5-8-21(38)16-40)49-34(17)22-13-19(35)9-10-23(22)39(33(34)47)15-18-6-4-7-20(12-18)37-31(45)29-27(43)26(42)28(44)32(46)48-29/h4,6-7,9-10,12-13,17,21,24,26-30,32,40,42-44,46H,5,8,11,14-16H2,1-3H3,(H,37,45)/t17-,21-,24+,26-,27-,28+,29-,30-,32+,34+/m0/s1.